The van der Waals surface area contributed by atoms with Gasteiger partial charge in [-0.3, -0.25) is 59.6 Å². The molecule has 33 nitrogen and oxygen atoms in total. The van der Waals surface area contributed by atoms with E-state index < -0.39 is 69.9 Å². The van der Waals surface area contributed by atoms with Crippen molar-refractivity contribution >= 4 is 93.8 Å². The molecule has 130 heavy (non-hydrogen) atoms. The lowest BCUT2D eigenvalue weighted by Crippen LogP contribution is -2.54. The summed E-state index contributed by atoms with van der Waals surface area (Å²) in [7, 11) is 10.7. The van der Waals surface area contributed by atoms with Crippen LogP contribution < -0.4 is 75.7 Å². The number of hydrogen-bond acceptors (Lipinski definition) is 21. The second kappa shape index (κ2) is 37.7. The normalized spacial score (nSPS) is 19.0. The van der Waals surface area contributed by atoms with Crippen LogP contribution in [0.5, 0.6) is 40.2 Å². The number of nitriles is 1. The molecule has 16 amide bonds. The quantitative estimate of drug-likeness (QED) is 0.0300. The van der Waals surface area contributed by atoms with Gasteiger partial charge in [-0.05, 0) is 163 Å². The molecule has 17 rings (SSSR count). The Kier molecular flexibility index (Phi) is 26.0. The molecular formula is C96H82ClN13O20. The first-order valence-corrected chi connectivity index (χ1v) is 40.5. The van der Waals surface area contributed by atoms with E-state index in [4.69, 9.17) is 49.5 Å². The topological polar surface area (TPSA) is 412 Å². The third-order valence-electron chi connectivity index (χ3n) is 21.9. The van der Waals surface area contributed by atoms with Gasteiger partial charge in [-0.25, -0.2) is 19.2 Å². The van der Waals surface area contributed by atoms with Crippen molar-refractivity contribution in [2.45, 2.75) is 74.9 Å². The summed E-state index contributed by atoms with van der Waals surface area (Å²) >= 11 is 6.05. The van der Waals surface area contributed by atoms with Crippen LogP contribution in [-0.2, 0) is 56.7 Å². The highest BCUT2D eigenvalue weighted by atomic mass is 35.5. The van der Waals surface area contributed by atoms with Gasteiger partial charge in [-0.1, -0.05) is 107 Å². The third-order valence-corrected chi connectivity index (χ3v) is 22.1. The summed E-state index contributed by atoms with van der Waals surface area (Å²) in [5.74, 6) is 23.7. The SMILES string of the molecule is COCc1cccc(C#C[C@]2(CN3Cc4ccc(OC)cc4C3=O)NC(=O)NC2=O)c1.COc1ccc2c(c1)C(=O)N(C[C@@]1(C#Cc3c(OC)ccc4c(C#N)cccc34)NC(=O)NC1=O)C2.COc1ccc2c(c1)C(=O)N(C[C@@]1(C#Cc3cc(Cl)ccc3OC)NC(=O)NC1=O)C2.COc1ccc2c(c1)C(=O)N(C[C@@]1(C#Cc3ccc(OC(C)C)cc3)NC(=O)NC1=O)C2. The number of rotatable bonds is 18. The van der Waals surface area contributed by atoms with E-state index in [0.717, 1.165) is 27.8 Å². The van der Waals surface area contributed by atoms with E-state index in [9.17, 15) is 62.8 Å². The molecule has 0 saturated carbocycles. The number of ether oxygens (including phenoxy) is 8. The zero-order valence-corrected chi connectivity index (χ0v) is 72.1. The van der Waals surface area contributed by atoms with Gasteiger partial charge in [0.05, 0.1) is 104 Å². The number of fused-ring (bicyclic) bond motifs is 5. The monoisotopic (exact) mass is 1770 g/mol. The molecule has 9 aromatic rings. The van der Waals surface area contributed by atoms with Crippen LogP contribution >= 0.6 is 11.6 Å². The van der Waals surface area contributed by atoms with Crippen LogP contribution in [0.3, 0.4) is 0 Å². The van der Waals surface area contributed by atoms with E-state index >= 15 is 0 Å². The number of urea groups is 4. The molecule has 8 aliphatic rings. The first-order chi connectivity index (χ1) is 62.5. The summed E-state index contributed by atoms with van der Waals surface area (Å²) in [6.45, 7) is 5.02. The molecule has 4 fully saturated rings. The van der Waals surface area contributed by atoms with Crippen molar-refractivity contribution in [3.8, 4) is 93.7 Å². The number of imide groups is 4. The van der Waals surface area contributed by atoms with Gasteiger partial charge < -0.3 is 78.8 Å². The second-order valence-electron chi connectivity index (χ2n) is 30.8. The van der Waals surface area contributed by atoms with Gasteiger partial charge >= 0.3 is 24.1 Å². The fraction of sp³-hybridized carbons (Fsp3) is 0.240. The molecule has 8 heterocycles. The van der Waals surface area contributed by atoms with E-state index in [-0.39, 0.29) is 69.0 Å². The van der Waals surface area contributed by atoms with Gasteiger partial charge in [-0.2, -0.15) is 5.26 Å². The molecule has 9 aromatic carbocycles. The number of methoxy groups -OCH3 is 7. The van der Waals surface area contributed by atoms with E-state index in [0.29, 0.717) is 126 Å². The molecule has 8 aliphatic heterocycles. The van der Waals surface area contributed by atoms with Crippen LogP contribution in [0.4, 0.5) is 19.2 Å². The highest BCUT2D eigenvalue weighted by Crippen LogP contribution is 2.36. The molecule has 34 heteroatoms. The molecule has 0 radical (unpaired) electrons. The lowest BCUT2D eigenvalue weighted by atomic mass is 9.96. The largest absolute Gasteiger partial charge is 0.497 e. The molecule has 4 saturated heterocycles. The fourth-order valence-corrected chi connectivity index (χ4v) is 15.6. The lowest BCUT2D eigenvalue weighted by Gasteiger charge is -2.26. The van der Waals surface area contributed by atoms with Crippen LogP contribution in [0.2, 0.25) is 5.02 Å². The highest BCUT2D eigenvalue weighted by Gasteiger charge is 2.53. The second-order valence-corrected chi connectivity index (χ2v) is 31.3. The zero-order valence-electron chi connectivity index (χ0n) is 71.4. The highest BCUT2D eigenvalue weighted by molar-refractivity contribution is 6.30. The minimum Gasteiger partial charge on any atom is -0.497 e. The number of benzene rings is 9. The van der Waals surface area contributed by atoms with E-state index in [1.54, 1.807) is 147 Å². The van der Waals surface area contributed by atoms with Crippen molar-refractivity contribution in [3.63, 3.8) is 0 Å². The maximum Gasteiger partial charge on any atom is 0.323 e. The number of hydrogen-bond donors (Lipinski definition) is 8. The van der Waals surface area contributed by atoms with Gasteiger partial charge in [0.2, 0.25) is 22.2 Å². The van der Waals surface area contributed by atoms with Crippen molar-refractivity contribution in [2.75, 3.05) is 75.9 Å². The Bertz CT molecular complexity index is 6570. The van der Waals surface area contributed by atoms with Crippen molar-refractivity contribution in [1.29, 1.82) is 5.26 Å². The van der Waals surface area contributed by atoms with Crippen molar-refractivity contribution in [2.24, 2.45) is 0 Å². The maximum absolute atomic E-state index is 13.1. The predicted molar refractivity (Wildman–Crippen MR) is 469 cm³/mol. The molecule has 8 N–H and O–H groups in total. The predicted octanol–water partition coefficient (Wildman–Crippen LogP) is 7.75. The average molecular weight is 1770 g/mol. The molecule has 4 atom stereocenters. The molecule has 0 aromatic heterocycles. The number of carbonyl (C=O) groups is 12. The van der Waals surface area contributed by atoms with Gasteiger partial charge in [0.15, 0.2) is 0 Å². The third kappa shape index (κ3) is 18.9. The van der Waals surface area contributed by atoms with Crippen molar-refractivity contribution < 1.29 is 95.4 Å². The number of amides is 16. The smallest absolute Gasteiger partial charge is 0.323 e. The Morgan fingerprint density at radius 2 is 0.754 bits per heavy atom. The van der Waals surface area contributed by atoms with Crippen LogP contribution in [0.1, 0.15) is 111 Å². The van der Waals surface area contributed by atoms with Crippen LogP contribution in [0.15, 0.2) is 170 Å². The average Bonchev–Trinajstić information content (AvgIpc) is 1.57. The number of halogens is 1. The molecule has 0 bridgehead atoms. The molecule has 0 spiro atoms. The minimum atomic E-state index is -1.68. The van der Waals surface area contributed by atoms with Crippen molar-refractivity contribution in [1.82, 2.24) is 62.1 Å². The first kappa shape index (κ1) is 89.7. The summed E-state index contributed by atoms with van der Waals surface area (Å²) in [5, 5.41) is 30.6. The Labute approximate surface area is 750 Å². The summed E-state index contributed by atoms with van der Waals surface area (Å²) in [5.41, 5.74) is 2.46. The van der Waals surface area contributed by atoms with Crippen molar-refractivity contribution in [3.05, 3.63) is 253 Å². The molecular weight excluding hydrogens is 1690 g/mol. The van der Waals surface area contributed by atoms with E-state index in [2.05, 4.69) is 96.0 Å². The maximum atomic E-state index is 13.1. The van der Waals surface area contributed by atoms with Gasteiger partial charge in [-0.15, -0.1) is 0 Å². The molecule has 658 valence electrons. The number of carbonyl (C=O) groups excluding carboxylic acids is 12. The summed E-state index contributed by atoms with van der Waals surface area (Å²) in [6, 6.07) is 48.6. The van der Waals surface area contributed by atoms with Gasteiger partial charge in [0.25, 0.3) is 47.3 Å². The lowest BCUT2D eigenvalue weighted by molar-refractivity contribution is -0.123. The van der Waals surface area contributed by atoms with Gasteiger partial charge in [0.1, 0.15) is 40.2 Å². The number of nitrogens with zero attached hydrogens (tertiary/aromatic N) is 5. The van der Waals surface area contributed by atoms with Gasteiger partial charge in [0, 0.05) is 82.5 Å². The molecule has 0 unspecified atom stereocenters. The Morgan fingerprint density at radius 3 is 1.12 bits per heavy atom. The number of nitrogens with one attached hydrogen (secondary N) is 8. The first-order valence-electron chi connectivity index (χ1n) is 40.2. The van der Waals surface area contributed by atoms with E-state index in [1.807, 2.05) is 44.2 Å². The molecule has 0 aliphatic carbocycles. The summed E-state index contributed by atoms with van der Waals surface area (Å²) < 4.78 is 42.3. The Balaban J connectivity index is 0.000000140. The Hall–Kier alpha value is -16.5. The zero-order chi connectivity index (χ0) is 92.5. The van der Waals surface area contributed by atoms with E-state index in [1.165, 1.54) is 62.3 Å². The van der Waals surface area contributed by atoms with Crippen LogP contribution in [0.25, 0.3) is 10.8 Å². The standard InChI is InChI=1S/C27H20N4O5.C24H23N3O5.C23H21N3O5.C22H18ClN3O5/c1-35-18-7-6-17-14-31(24(32)22(17)12-18)15-27(25(33)29-26(34)30-27)11-10-21-20-5-3-4-16(13-28)19(20)8-9-23(21)36-2;1-15(2)32-18-7-4-16(5-8-18)10-11-24(22(29)25-23(30)26-24)14-27-13-17-6-9-19(31-3)12-20(17)21(27)28;1-30-13-16-5-3-4-15(10-16)8-9-23(21(28)24-22(29)25-23)14-26-12-17-6-7-18(31-2)11-19(17)20(26)27;1-30-16-5-3-14-11-26(19(27)17(14)10-16)12-22(20(28)24-21(29)25-22)8-7-13-9-15(23)4-6-18(13)31-2/h3-9,12H,14-15H2,1-2H3,(H2,29,30,33,34);4-9,12,15H,13-14H2,1-3H3,(H2,25,26,29,30);3-7,10-11H,12-14H2,1-2H3,(H2,24,25,28,29);3-6,9-10H,11-12H2,1-2H3,(H2,24,25,28,29)/t27-;24-;23-;22-/m1111/s1. The summed E-state index contributed by atoms with van der Waals surface area (Å²) in [4.78, 5) is 157. The fourth-order valence-electron chi connectivity index (χ4n) is 15.5. The summed E-state index contributed by atoms with van der Waals surface area (Å²) in [6.07, 6.45) is 0.0506. The van der Waals surface area contributed by atoms with Crippen LogP contribution in [0, 0.1) is 58.7 Å². The van der Waals surface area contributed by atoms with Crippen LogP contribution in [-0.4, -0.2) is 195 Å². The minimum absolute atomic E-state index is 0.0506. The Morgan fingerprint density at radius 1 is 0.377 bits per heavy atom.